The lowest BCUT2D eigenvalue weighted by molar-refractivity contribution is -0.0475. The third-order valence-corrected chi connectivity index (χ3v) is 16.8. The van der Waals surface area contributed by atoms with E-state index in [1.165, 1.54) is 7.11 Å². The van der Waals surface area contributed by atoms with Crippen molar-refractivity contribution in [3.8, 4) is 5.88 Å². The average molecular weight is 526 g/mol. The molecule has 1 aliphatic rings. The van der Waals surface area contributed by atoms with E-state index < -0.39 is 41.2 Å². The second-order valence-corrected chi connectivity index (χ2v) is 22.0. The molecule has 0 saturated carbocycles. The maximum absolute atomic E-state index is 11.5. The predicted octanol–water partition coefficient (Wildman–Crippen LogP) is 4.09. The first-order valence-corrected chi connectivity index (χ1v) is 17.9. The van der Waals surface area contributed by atoms with Gasteiger partial charge in [-0.3, -0.25) is 4.57 Å². The molecule has 1 aliphatic heterocycles. The smallest absolute Gasteiger partial charge is 0.246 e. The van der Waals surface area contributed by atoms with Gasteiger partial charge < -0.3 is 29.2 Å². The SMILES string of the molecule is COc1nc(N)nc2c1ncn2[C@@H]1O[C@H](CO[Si](C)(C)C(C)(C)C)[C@@H](O)[C@@H]1O[Si](C)(C)C(C)(C)C. The molecule has 0 amide bonds. The lowest BCUT2D eigenvalue weighted by atomic mass is 10.1. The molecule has 0 spiro atoms. The molecular weight excluding hydrogens is 482 g/mol. The molecule has 12 heteroatoms. The fraction of sp³-hybridized carbons (Fsp3) is 0.783. The van der Waals surface area contributed by atoms with Crippen LogP contribution in [-0.4, -0.2) is 73.3 Å². The lowest BCUT2D eigenvalue weighted by Gasteiger charge is -2.40. The molecule has 0 aromatic carbocycles. The first-order valence-electron chi connectivity index (χ1n) is 12.1. The number of hydrogen-bond donors (Lipinski definition) is 2. The van der Waals surface area contributed by atoms with Gasteiger partial charge in [0.1, 0.15) is 18.3 Å². The molecule has 3 rings (SSSR count). The molecule has 10 nitrogen and oxygen atoms in total. The normalized spacial score (nSPS) is 24.3. The van der Waals surface area contributed by atoms with Crippen LogP contribution in [0.2, 0.25) is 36.3 Å². The van der Waals surface area contributed by atoms with E-state index in [-0.39, 0.29) is 28.5 Å². The fourth-order valence-electron chi connectivity index (χ4n) is 3.47. The highest BCUT2D eigenvalue weighted by Gasteiger charge is 2.51. The van der Waals surface area contributed by atoms with E-state index >= 15 is 0 Å². The van der Waals surface area contributed by atoms with Crippen LogP contribution < -0.4 is 10.5 Å². The van der Waals surface area contributed by atoms with Gasteiger partial charge in [0.2, 0.25) is 11.8 Å². The molecule has 4 atom stereocenters. The summed E-state index contributed by atoms with van der Waals surface area (Å²) in [5, 5.41) is 11.5. The van der Waals surface area contributed by atoms with Crippen molar-refractivity contribution in [1.29, 1.82) is 0 Å². The quantitative estimate of drug-likeness (QED) is 0.514. The summed E-state index contributed by atoms with van der Waals surface area (Å²) in [6.45, 7) is 22.0. The van der Waals surface area contributed by atoms with Crippen LogP contribution in [0.1, 0.15) is 47.8 Å². The standard InChI is InChI=1S/C23H43N5O5Si2/c1-22(2,3)34(8,9)31-12-14-16(29)17(33-35(10,11)23(4,5)6)20(32-14)28-13-25-15-18(28)26-21(24)27-19(15)30-7/h13-14,16-17,20,29H,12H2,1-11H3,(H2,24,26,27)/t14-,16-,17+,20-/m1/s1. The van der Waals surface area contributed by atoms with Crippen molar-refractivity contribution in [3.63, 3.8) is 0 Å². The third-order valence-electron chi connectivity index (χ3n) is 7.84. The lowest BCUT2D eigenvalue weighted by Crippen LogP contribution is -2.49. The largest absolute Gasteiger partial charge is 0.479 e. The molecule has 0 aliphatic carbocycles. The van der Waals surface area contributed by atoms with Crippen LogP contribution in [0.15, 0.2) is 6.33 Å². The minimum atomic E-state index is -2.27. The molecular formula is C23H43N5O5Si2. The van der Waals surface area contributed by atoms with Gasteiger partial charge in [0.15, 0.2) is 34.0 Å². The van der Waals surface area contributed by atoms with Crippen molar-refractivity contribution in [2.75, 3.05) is 19.5 Å². The first-order chi connectivity index (χ1) is 15.9. The predicted molar refractivity (Wildman–Crippen MR) is 141 cm³/mol. The van der Waals surface area contributed by atoms with Crippen LogP contribution in [-0.2, 0) is 13.6 Å². The van der Waals surface area contributed by atoms with Crippen LogP contribution in [0.3, 0.4) is 0 Å². The highest BCUT2D eigenvalue weighted by Crippen LogP contribution is 2.43. The maximum Gasteiger partial charge on any atom is 0.246 e. The molecule has 0 radical (unpaired) electrons. The maximum atomic E-state index is 11.5. The van der Waals surface area contributed by atoms with E-state index in [9.17, 15) is 5.11 Å². The van der Waals surface area contributed by atoms with Gasteiger partial charge in [0.25, 0.3) is 0 Å². The number of aliphatic hydroxyl groups excluding tert-OH is 1. The Morgan fingerprint density at radius 3 is 2.20 bits per heavy atom. The highest BCUT2D eigenvalue weighted by atomic mass is 28.4. The van der Waals surface area contributed by atoms with Crippen molar-refractivity contribution in [3.05, 3.63) is 6.33 Å². The Morgan fingerprint density at radius 1 is 1.06 bits per heavy atom. The number of imidazole rings is 1. The van der Waals surface area contributed by atoms with Gasteiger partial charge in [-0.2, -0.15) is 9.97 Å². The highest BCUT2D eigenvalue weighted by molar-refractivity contribution is 6.74. The van der Waals surface area contributed by atoms with E-state index in [2.05, 4.69) is 82.7 Å². The topological polar surface area (TPSA) is 127 Å². The zero-order valence-corrected chi connectivity index (χ0v) is 25.0. The Kier molecular flexibility index (Phi) is 7.50. The van der Waals surface area contributed by atoms with Gasteiger partial charge in [-0.25, -0.2) is 4.98 Å². The summed E-state index contributed by atoms with van der Waals surface area (Å²) in [6, 6.07) is 0. The van der Waals surface area contributed by atoms with Gasteiger partial charge in [-0.15, -0.1) is 0 Å². The summed E-state index contributed by atoms with van der Waals surface area (Å²) in [5.74, 6) is 0.346. The van der Waals surface area contributed by atoms with Crippen molar-refractivity contribution in [2.45, 2.75) is 102 Å². The Labute approximate surface area is 210 Å². The summed E-state index contributed by atoms with van der Waals surface area (Å²) in [7, 11) is -2.81. The second-order valence-electron chi connectivity index (χ2n) is 12.4. The fourth-order valence-corrected chi connectivity index (χ4v) is 5.77. The van der Waals surface area contributed by atoms with E-state index in [1.54, 1.807) is 10.9 Å². The number of ether oxygens (including phenoxy) is 2. The number of hydrogen-bond acceptors (Lipinski definition) is 9. The van der Waals surface area contributed by atoms with Gasteiger partial charge in [0, 0.05) is 0 Å². The molecule has 198 valence electrons. The molecule has 1 fully saturated rings. The molecule has 3 heterocycles. The van der Waals surface area contributed by atoms with E-state index in [4.69, 9.17) is 24.1 Å². The van der Waals surface area contributed by atoms with Crippen molar-refractivity contribution >= 4 is 33.7 Å². The summed E-state index contributed by atoms with van der Waals surface area (Å²) in [4.78, 5) is 13.0. The van der Waals surface area contributed by atoms with E-state index in [1.807, 2.05) is 0 Å². The Hall–Kier alpha value is -1.58. The molecule has 0 unspecified atom stereocenters. The van der Waals surface area contributed by atoms with Crippen LogP contribution in [0.5, 0.6) is 5.88 Å². The van der Waals surface area contributed by atoms with Gasteiger partial charge in [0.05, 0.1) is 20.0 Å². The molecule has 0 bridgehead atoms. The number of methoxy groups -OCH3 is 1. The number of anilines is 1. The average Bonchev–Trinajstić information content (AvgIpc) is 3.25. The minimum Gasteiger partial charge on any atom is -0.479 e. The van der Waals surface area contributed by atoms with Crippen molar-refractivity contribution in [1.82, 2.24) is 19.5 Å². The van der Waals surface area contributed by atoms with Crippen LogP contribution in [0.4, 0.5) is 5.95 Å². The Balaban J connectivity index is 2.00. The second kappa shape index (κ2) is 9.38. The Bertz CT molecular complexity index is 1050. The zero-order valence-electron chi connectivity index (χ0n) is 23.0. The van der Waals surface area contributed by atoms with Crippen LogP contribution in [0.25, 0.3) is 11.2 Å². The molecule has 2 aromatic heterocycles. The van der Waals surface area contributed by atoms with E-state index in [0.717, 1.165) is 0 Å². The number of nitrogens with two attached hydrogens (primary N) is 1. The zero-order chi connectivity index (χ0) is 26.6. The molecule has 1 saturated heterocycles. The molecule has 35 heavy (non-hydrogen) atoms. The summed E-state index contributed by atoms with van der Waals surface area (Å²) in [5.41, 5.74) is 6.86. The van der Waals surface area contributed by atoms with Crippen molar-refractivity contribution in [2.24, 2.45) is 0 Å². The van der Waals surface area contributed by atoms with Crippen LogP contribution in [0, 0.1) is 0 Å². The number of aromatic nitrogens is 4. The third kappa shape index (κ3) is 5.42. The van der Waals surface area contributed by atoms with Gasteiger partial charge >= 0.3 is 0 Å². The van der Waals surface area contributed by atoms with E-state index in [0.29, 0.717) is 11.2 Å². The van der Waals surface area contributed by atoms with Gasteiger partial charge in [-0.05, 0) is 36.3 Å². The Morgan fingerprint density at radius 2 is 1.66 bits per heavy atom. The molecule has 2 aromatic rings. The van der Waals surface area contributed by atoms with Gasteiger partial charge in [-0.1, -0.05) is 41.5 Å². The minimum absolute atomic E-state index is 0.0402. The summed E-state index contributed by atoms with van der Waals surface area (Å²) in [6.07, 6.45) is -1.16. The number of fused-ring (bicyclic) bond motifs is 1. The summed E-state index contributed by atoms with van der Waals surface area (Å²) >= 11 is 0. The molecule has 3 N–H and O–H groups in total. The number of nitrogens with zero attached hydrogens (tertiary/aromatic N) is 4. The number of aliphatic hydroxyl groups is 1. The number of nitrogen functional groups attached to an aromatic ring is 1. The van der Waals surface area contributed by atoms with Crippen molar-refractivity contribution < 1.29 is 23.4 Å². The summed E-state index contributed by atoms with van der Waals surface area (Å²) < 4.78 is 26.7. The monoisotopic (exact) mass is 525 g/mol. The number of rotatable bonds is 7. The van der Waals surface area contributed by atoms with Crippen LogP contribution >= 0.6 is 0 Å². The first kappa shape index (κ1) is 28.0.